The molecule has 1 saturated heterocycles. The van der Waals surface area contributed by atoms with Gasteiger partial charge in [-0.1, -0.05) is 0 Å². The van der Waals surface area contributed by atoms with Crippen molar-refractivity contribution in [2.45, 2.75) is 68.9 Å². The lowest BCUT2D eigenvalue weighted by molar-refractivity contribution is -0.124. The monoisotopic (exact) mass is 447 g/mol. The predicted octanol–water partition coefficient (Wildman–Crippen LogP) is 3.26. The van der Waals surface area contributed by atoms with E-state index in [1.165, 1.54) is 31.2 Å². The molecule has 0 bridgehead atoms. The molecule has 2 heterocycles. The minimum atomic E-state index is -3.15. The Morgan fingerprint density at radius 2 is 1.97 bits per heavy atom. The van der Waals surface area contributed by atoms with Crippen LogP contribution >= 0.6 is 0 Å². The topological polar surface area (TPSA) is 86.7 Å². The van der Waals surface area contributed by atoms with Crippen LogP contribution in [-0.2, 0) is 10.7 Å². The summed E-state index contributed by atoms with van der Waals surface area (Å²) in [5.74, 6) is -3.60. The fourth-order valence-corrected chi connectivity index (χ4v) is 4.42. The lowest BCUT2D eigenvalue weighted by atomic mass is 9.94. The zero-order valence-corrected chi connectivity index (χ0v) is 18.4. The van der Waals surface area contributed by atoms with Crippen LogP contribution in [0.15, 0.2) is 29.5 Å². The van der Waals surface area contributed by atoms with Crippen molar-refractivity contribution in [3.63, 3.8) is 0 Å². The largest absolute Gasteiger partial charge is 0.344 e. The van der Waals surface area contributed by atoms with Gasteiger partial charge in [0, 0.05) is 50.7 Å². The van der Waals surface area contributed by atoms with Crippen molar-refractivity contribution in [3.8, 4) is 0 Å². The number of likely N-dealkylation sites (tertiary alicyclic amines) is 1. The maximum absolute atomic E-state index is 14.7. The van der Waals surface area contributed by atoms with E-state index in [0.29, 0.717) is 18.5 Å². The van der Waals surface area contributed by atoms with Gasteiger partial charge in [-0.05, 0) is 62.5 Å². The van der Waals surface area contributed by atoms with Crippen molar-refractivity contribution in [2.75, 3.05) is 20.1 Å². The highest BCUT2D eigenvalue weighted by Gasteiger charge is 2.46. The maximum Gasteiger partial charge on any atom is 0.318 e. The minimum Gasteiger partial charge on any atom is -0.344 e. The van der Waals surface area contributed by atoms with Gasteiger partial charge in [-0.3, -0.25) is 14.8 Å². The van der Waals surface area contributed by atoms with Crippen LogP contribution in [0.3, 0.4) is 0 Å². The number of halogens is 2. The summed E-state index contributed by atoms with van der Waals surface area (Å²) in [6.45, 7) is 1.27. The summed E-state index contributed by atoms with van der Waals surface area (Å²) in [5.41, 5.74) is -0.311. The van der Waals surface area contributed by atoms with Crippen LogP contribution in [0, 0.1) is 5.41 Å². The molecule has 3 fully saturated rings. The summed E-state index contributed by atoms with van der Waals surface area (Å²) < 4.78 is 29.4. The van der Waals surface area contributed by atoms with Crippen molar-refractivity contribution in [3.05, 3.63) is 30.1 Å². The molecule has 4 rings (SSSR count). The molecule has 1 aromatic rings. The second kappa shape index (κ2) is 8.75. The highest BCUT2D eigenvalue weighted by Crippen LogP contribution is 2.53. The number of urea groups is 1. The molecule has 2 aliphatic carbocycles. The standard InChI is InChI=1S/C23H31F2N5O2/c1-26-16-22(8-9-22)29-19(31)18(4-5-23(24,25)17-3-2-12-27-15-17)28-20(32)30-13-10-21(6-7-21)11-14-30/h2-3,12,15-16,18H,4-11,13-14H2,1H3,(H,28,32)(H,29,31)/t18-/m0/s1. The third kappa shape index (κ3) is 5.24. The molecule has 174 valence electrons. The maximum atomic E-state index is 14.7. The van der Waals surface area contributed by atoms with Gasteiger partial charge in [0.2, 0.25) is 5.91 Å². The molecule has 0 radical (unpaired) electrons. The number of carbonyl (C=O) groups excluding carboxylic acids is 2. The lowest BCUT2D eigenvalue weighted by Gasteiger charge is -2.33. The third-order valence-electron chi connectivity index (χ3n) is 7.05. The first kappa shape index (κ1) is 22.6. The molecule has 9 heteroatoms. The third-order valence-corrected chi connectivity index (χ3v) is 7.05. The van der Waals surface area contributed by atoms with Gasteiger partial charge in [0.15, 0.2) is 0 Å². The Morgan fingerprint density at radius 3 is 2.53 bits per heavy atom. The number of alkyl halides is 2. The average Bonchev–Trinajstić information content (AvgIpc) is 3.71. The molecule has 0 aromatic carbocycles. The van der Waals surface area contributed by atoms with E-state index in [1.807, 2.05) is 0 Å². The average molecular weight is 448 g/mol. The number of aromatic nitrogens is 1. The van der Waals surface area contributed by atoms with E-state index in [1.54, 1.807) is 18.2 Å². The lowest BCUT2D eigenvalue weighted by Crippen LogP contribution is -2.55. The number of amides is 3. The predicted molar refractivity (Wildman–Crippen MR) is 117 cm³/mol. The first-order chi connectivity index (χ1) is 15.3. The number of pyridine rings is 1. The molecule has 2 saturated carbocycles. The number of rotatable bonds is 8. The molecule has 7 nitrogen and oxygen atoms in total. The summed E-state index contributed by atoms with van der Waals surface area (Å²) in [6, 6.07) is 1.36. The molecule has 3 amide bonds. The van der Waals surface area contributed by atoms with E-state index >= 15 is 0 Å². The van der Waals surface area contributed by atoms with Gasteiger partial charge in [-0.25, -0.2) is 13.6 Å². The smallest absolute Gasteiger partial charge is 0.318 e. The van der Waals surface area contributed by atoms with Gasteiger partial charge in [0.05, 0.1) is 5.54 Å². The van der Waals surface area contributed by atoms with Crippen LogP contribution in [0.2, 0.25) is 0 Å². The number of carbonyl (C=O) groups is 2. The van der Waals surface area contributed by atoms with Crippen molar-refractivity contribution in [2.24, 2.45) is 10.4 Å². The van der Waals surface area contributed by atoms with E-state index in [9.17, 15) is 18.4 Å². The summed E-state index contributed by atoms with van der Waals surface area (Å²) in [5, 5.41) is 5.63. The Bertz CT molecular complexity index is 858. The van der Waals surface area contributed by atoms with Crippen molar-refractivity contribution in [1.82, 2.24) is 20.5 Å². The Balaban J connectivity index is 1.41. The van der Waals surface area contributed by atoms with Crippen LogP contribution in [0.25, 0.3) is 0 Å². The normalized spacial score (nSPS) is 21.9. The van der Waals surface area contributed by atoms with Gasteiger partial charge in [0.25, 0.3) is 5.92 Å². The molecular formula is C23H31F2N5O2. The first-order valence-corrected chi connectivity index (χ1v) is 11.4. The molecule has 2 N–H and O–H groups in total. The number of nitrogens with zero attached hydrogens (tertiary/aromatic N) is 3. The highest BCUT2D eigenvalue weighted by molar-refractivity contribution is 5.91. The Kier molecular flexibility index (Phi) is 6.18. The molecule has 32 heavy (non-hydrogen) atoms. The summed E-state index contributed by atoms with van der Waals surface area (Å²) in [6.07, 6.45) is 9.35. The van der Waals surface area contributed by atoms with Crippen LogP contribution in [-0.4, -0.2) is 59.8 Å². The van der Waals surface area contributed by atoms with Gasteiger partial charge >= 0.3 is 6.03 Å². The van der Waals surface area contributed by atoms with Gasteiger partial charge in [-0.15, -0.1) is 0 Å². The first-order valence-electron chi connectivity index (χ1n) is 11.4. The number of aliphatic imine (C=N–C) groups is 1. The number of hydrogen-bond acceptors (Lipinski definition) is 4. The van der Waals surface area contributed by atoms with E-state index in [0.717, 1.165) is 31.9 Å². The number of hydrogen-bond donors (Lipinski definition) is 2. The quantitative estimate of drug-likeness (QED) is 0.600. The van der Waals surface area contributed by atoms with Crippen molar-refractivity contribution in [1.29, 1.82) is 0 Å². The Hall–Kier alpha value is -2.58. The van der Waals surface area contributed by atoms with E-state index < -0.39 is 29.8 Å². The summed E-state index contributed by atoms with van der Waals surface area (Å²) in [7, 11) is 1.63. The van der Waals surface area contributed by atoms with Gasteiger partial charge in [0.1, 0.15) is 6.04 Å². The molecule has 3 aliphatic rings. The van der Waals surface area contributed by atoms with Gasteiger partial charge < -0.3 is 15.5 Å². The Morgan fingerprint density at radius 1 is 1.25 bits per heavy atom. The fourth-order valence-electron chi connectivity index (χ4n) is 4.42. The molecule has 0 unspecified atom stereocenters. The number of piperidine rings is 1. The zero-order chi connectivity index (χ0) is 22.8. The van der Waals surface area contributed by atoms with Crippen LogP contribution in [0.5, 0.6) is 0 Å². The highest BCUT2D eigenvalue weighted by atomic mass is 19.3. The second-order valence-electron chi connectivity index (χ2n) is 9.51. The van der Waals surface area contributed by atoms with Crippen LogP contribution in [0.4, 0.5) is 13.6 Å². The van der Waals surface area contributed by atoms with Gasteiger partial charge in [-0.2, -0.15) is 0 Å². The van der Waals surface area contributed by atoms with E-state index in [4.69, 9.17) is 0 Å². The molecule has 1 aliphatic heterocycles. The van der Waals surface area contributed by atoms with Crippen LogP contribution in [0.1, 0.15) is 56.9 Å². The minimum absolute atomic E-state index is 0.184. The molecule has 1 aromatic heterocycles. The van der Waals surface area contributed by atoms with Crippen molar-refractivity contribution >= 4 is 18.2 Å². The SMILES string of the molecule is CN=CC1(NC(=O)[C@H](CCC(F)(F)c2cccnc2)NC(=O)N2CCC3(CC2)CC3)CC1. The molecule has 1 spiro atoms. The van der Waals surface area contributed by atoms with E-state index in [2.05, 4.69) is 20.6 Å². The number of nitrogens with one attached hydrogen (secondary N) is 2. The second-order valence-corrected chi connectivity index (χ2v) is 9.51. The zero-order valence-electron chi connectivity index (χ0n) is 18.4. The molecule has 1 atom stereocenters. The van der Waals surface area contributed by atoms with Crippen molar-refractivity contribution < 1.29 is 18.4 Å². The van der Waals surface area contributed by atoms with E-state index in [-0.39, 0.29) is 18.0 Å². The Labute approximate surface area is 187 Å². The summed E-state index contributed by atoms with van der Waals surface area (Å²) in [4.78, 5) is 35.3. The van der Waals surface area contributed by atoms with Crippen LogP contribution < -0.4 is 10.6 Å². The summed E-state index contributed by atoms with van der Waals surface area (Å²) >= 11 is 0. The fraction of sp³-hybridized carbons (Fsp3) is 0.652. The molecular weight excluding hydrogens is 416 g/mol.